The fraction of sp³-hybridized carbons (Fsp3) is 0.351. The highest BCUT2D eigenvalue weighted by molar-refractivity contribution is 6.05. The Bertz CT molecular complexity index is 2190. The molecule has 16 heteroatoms. The van der Waals surface area contributed by atoms with Gasteiger partial charge in [-0.1, -0.05) is 12.1 Å². The number of piperidine rings is 1. The third kappa shape index (κ3) is 7.04. The van der Waals surface area contributed by atoms with Crippen molar-refractivity contribution in [1.82, 2.24) is 45.1 Å². The summed E-state index contributed by atoms with van der Waals surface area (Å²) in [5.74, 6) is -0.326. The van der Waals surface area contributed by atoms with Gasteiger partial charge < -0.3 is 20.1 Å². The summed E-state index contributed by atoms with van der Waals surface area (Å²) in [4.78, 5) is 59.8. The van der Waals surface area contributed by atoms with Crippen molar-refractivity contribution < 1.29 is 19.2 Å². The summed E-state index contributed by atoms with van der Waals surface area (Å²) in [6.07, 6.45) is 5.70. The largest absolute Gasteiger partial charge is 0.371 e. The molecule has 3 aliphatic heterocycles. The second-order valence-corrected chi connectivity index (χ2v) is 13.9. The number of pyridine rings is 1. The van der Waals surface area contributed by atoms with Crippen LogP contribution in [-0.2, 0) is 17.9 Å². The van der Waals surface area contributed by atoms with E-state index in [1.54, 1.807) is 35.3 Å². The lowest BCUT2D eigenvalue weighted by atomic mass is 10.0. The smallest absolute Gasteiger partial charge is 0.329 e. The van der Waals surface area contributed by atoms with Crippen LogP contribution in [0.4, 0.5) is 22.0 Å². The maximum atomic E-state index is 13.1. The number of nitrogens with zero attached hydrogens (tertiary/aromatic N) is 9. The van der Waals surface area contributed by atoms with Gasteiger partial charge in [-0.3, -0.25) is 34.2 Å². The number of fused-ring (bicyclic) bond motifs is 3. The van der Waals surface area contributed by atoms with Crippen LogP contribution in [0.1, 0.15) is 64.5 Å². The van der Waals surface area contributed by atoms with Crippen molar-refractivity contribution >= 4 is 52.0 Å². The van der Waals surface area contributed by atoms with E-state index in [2.05, 4.69) is 77.3 Å². The van der Waals surface area contributed by atoms with Crippen LogP contribution in [0.3, 0.4) is 0 Å². The van der Waals surface area contributed by atoms with Crippen molar-refractivity contribution in [2.75, 3.05) is 48.3 Å². The second-order valence-electron chi connectivity index (χ2n) is 13.9. The van der Waals surface area contributed by atoms with E-state index in [4.69, 9.17) is 0 Å². The Labute approximate surface area is 305 Å². The minimum Gasteiger partial charge on any atom is -0.371 e. The van der Waals surface area contributed by atoms with Crippen molar-refractivity contribution in [3.05, 3.63) is 89.6 Å². The zero-order valence-corrected chi connectivity index (χ0v) is 29.5. The number of rotatable bonds is 9. The first kappa shape index (κ1) is 34.0. The minimum absolute atomic E-state index is 0.0330. The fourth-order valence-corrected chi connectivity index (χ4v) is 7.29. The quantitative estimate of drug-likeness (QED) is 0.206. The summed E-state index contributed by atoms with van der Waals surface area (Å²) in [5.41, 5.74) is 5.10. The Hall–Kier alpha value is -6.16. The van der Waals surface area contributed by atoms with E-state index in [0.29, 0.717) is 55.1 Å². The van der Waals surface area contributed by atoms with Gasteiger partial charge in [-0.05, 0) is 74.8 Å². The third-order valence-electron chi connectivity index (χ3n) is 10.2. The Kier molecular flexibility index (Phi) is 9.04. The minimum atomic E-state index is -0.467. The summed E-state index contributed by atoms with van der Waals surface area (Å²) in [5, 5.41) is 21.9. The highest BCUT2D eigenvalue weighted by Gasteiger charge is 2.28. The molecule has 7 heterocycles. The molecule has 4 aromatic heterocycles. The molecule has 5 amide bonds. The predicted octanol–water partition coefficient (Wildman–Crippen LogP) is 3.17. The molecule has 8 rings (SSSR count). The average molecular weight is 717 g/mol. The number of anilines is 3. The van der Waals surface area contributed by atoms with Gasteiger partial charge in [0.05, 0.1) is 30.2 Å². The van der Waals surface area contributed by atoms with Crippen LogP contribution in [0.15, 0.2) is 67.0 Å². The molecule has 0 saturated carbocycles. The molecule has 0 spiro atoms. The molecule has 0 bridgehead atoms. The fourth-order valence-electron chi connectivity index (χ4n) is 7.29. The first-order chi connectivity index (χ1) is 25.7. The maximum absolute atomic E-state index is 13.1. The standard InChI is InChI=1S/C37H40N12O4/c1-23-18-38-36(52)31-17-25-5-9-30(41-34(25)49(23)31)35(51)40-27-19-39-47(22-27)20-24-3-7-29(8-4-24)46-14-11-28(12-15-46)45(2)21-26-6-10-32(44-43-26)48-16-13-33(50)42-37(48)53/h3-10,17,19,22-23,28H,11-16,18,20-21H2,1-2H3,(H,38,52)(H,40,51)(H,42,50,53)/t23-/m1/s1. The SMILES string of the molecule is C[C@@H]1CNC(=O)c2cc3ccc(C(=O)Nc4cnn(Cc5ccc(N6CCC(N(C)Cc7ccc(N8CCC(=O)NC8=O)nn7)CC6)cc5)c4)nc3n21. The van der Waals surface area contributed by atoms with Crippen LogP contribution < -0.4 is 25.8 Å². The molecule has 0 unspecified atom stereocenters. The Balaban J connectivity index is 0.816. The molecule has 2 fully saturated rings. The van der Waals surface area contributed by atoms with Crippen LogP contribution >= 0.6 is 0 Å². The van der Waals surface area contributed by atoms with E-state index in [1.165, 1.54) is 10.6 Å². The number of carbonyl (C=O) groups excluding carboxylic acids is 4. The molecule has 53 heavy (non-hydrogen) atoms. The Morgan fingerprint density at radius 1 is 1.00 bits per heavy atom. The highest BCUT2D eigenvalue weighted by atomic mass is 16.2. The van der Waals surface area contributed by atoms with Crippen molar-refractivity contribution in [3.63, 3.8) is 0 Å². The molecule has 1 atom stereocenters. The molecular weight excluding hydrogens is 676 g/mol. The number of hydrogen-bond acceptors (Lipinski definition) is 10. The van der Waals surface area contributed by atoms with Crippen LogP contribution in [0.2, 0.25) is 0 Å². The first-order valence-electron chi connectivity index (χ1n) is 17.8. The van der Waals surface area contributed by atoms with Crippen LogP contribution in [0.5, 0.6) is 0 Å². The zero-order chi connectivity index (χ0) is 36.6. The topological polar surface area (TPSA) is 176 Å². The number of imide groups is 1. The highest BCUT2D eigenvalue weighted by Crippen LogP contribution is 2.27. The molecule has 3 N–H and O–H groups in total. The van der Waals surface area contributed by atoms with Crippen LogP contribution in [-0.4, -0.2) is 97.5 Å². The summed E-state index contributed by atoms with van der Waals surface area (Å²) < 4.78 is 3.68. The van der Waals surface area contributed by atoms with E-state index in [-0.39, 0.29) is 35.9 Å². The Morgan fingerprint density at radius 2 is 1.81 bits per heavy atom. The molecule has 2 saturated heterocycles. The van der Waals surface area contributed by atoms with Crippen molar-refractivity contribution in [3.8, 4) is 0 Å². The van der Waals surface area contributed by atoms with Gasteiger partial charge in [-0.15, -0.1) is 5.10 Å². The molecule has 272 valence electrons. The van der Waals surface area contributed by atoms with Crippen LogP contribution in [0, 0.1) is 0 Å². The van der Waals surface area contributed by atoms with Gasteiger partial charge in [0.1, 0.15) is 17.0 Å². The van der Waals surface area contributed by atoms with Gasteiger partial charge in [-0.2, -0.15) is 10.2 Å². The van der Waals surface area contributed by atoms with Gasteiger partial charge in [0.15, 0.2) is 5.82 Å². The number of hydrogen-bond donors (Lipinski definition) is 3. The Morgan fingerprint density at radius 3 is 2.57 bits per heavy atom. The van der Waals surface area contributed by atoms with Gasteiger partial charge >= 0.3 is 6.03 Å². The third-order valence-corrected chi connectivity index (χ3v) is 10.2. The molecule has 3 aliphatic rings. The lowest BCUT2D eigenvalue weighted by Gasteiger charge is -2.37. The number of carbonyl (C=O) groups is 4. The van der Waals surface area contributed by atoms with E-state index in [0.717, 1.165) is 42.6 Å². The van der Waals surface area contributed by atoms with E-state index < -0.39 is 6.03 Å². The van der Waals surface area contributed by atoms with E-state index in [1.807, 2.05) is 23.6 Å². The average Bonchev–Trinajstić information content (AvgIpc) is 3.78. The molecule has 5 aromatic rings. The monoisotopic (exact) mass is 716 g/mol. The van der Waals surface area contributed by atoms with Gasteiger partial charge in [0, 0.05) is 62.5 Å². The number of urea groups is 1. The zero-order valence-electron chi connectivity index (χ0n) is 29.5. The van der Waals surface area contributed by atoms with Gasteiger partial charge in [-0.25, -0.2) is 9.78 Å². The first-order valence-corrected chi connectivity index (χ1v) is 17.8. The number of amides is 5. The van der Waals surface area contributed by atoms with E-state index >= 15 is 0 Å². The van der Waals surface area contributed by atoms with Gasteiger partial charge in [0.25, 0.3) is 11.8 Å². The maximum Gasteiger partial charge on any atom is 0.329 e. The van der Waals surface area contributed by atoms with Crippen LogP contribution in [0.25, 0.3) is 11.0 Å². The number of aromatic nitrogens is 6. The van der Waals surface area contributed by atoms with Crippen molar-refractivity contribution in [2.45, 2.75) is 51.4 Å². The lowest BCUT2D eigenvalue weighted by molar-refractivity contribution is -0.120. The number of nitrogens with one attached hydrogen (secondary N) is 3. The summed E-state index contributed by atoms with van der Waals surface area (Å²) >= 11 is 0. The molecule has 0 aliphatic carbocycles. The van der Waals surface area contributed by atoms with E-state index in [9.17, 15) is 19.2 Å². The normalized spacial score (nSPS) is 17.9. The van der Waals surface area contributed by atoms with Gasteiger partial charge in [0.2, 0.25) is 5.91 Å². The van der Waals surface area contributed by atoms with Crippen molar-refractivity contribution in [2.24, 2.45) is 0 Å². The lowest BCUT2D eigenvalue weighted by Crippen LogP contribution is -2.50. The molecule has 16 nitrogen and oxygen atoms in total. The number of benzene rings is 1. The molecule has 1 aromatic carbocycles. The summed E-state index contributed by atoms with van der Waals surface area (Å²) in [7, 11) is 2.11. The molecular formula is C37H40N12O4. The summed E-state index contributed by atoms with van der Waals surface area (Å²) in [6.45, 7) is 5.90. The predicted molar refractivity (Wildman–Crippen MR) is 197 cm³/mol. The van der Waals surface area contributed by atoms with Crippen molar-refractivity contribution in [1.29, 1.82) is 0 Å². The molecule has 0 radical (unpaired) electrons. The second kappa shape index (κ2) is 14.1. The summed E-state index contributed by atoms with van der Waals surface area (Å²) in [6, 6.07) is 17.4.